The molecular formula is C58H73N5O13S2. The number of aliphatic hydroxyl groups is 1. The van der Waals surface area contributed by atoms with E-state index in [0.717, 1.165) is 54.1 Å². The molecule has 2 aliphatic rings. The number of carbonyl (C=O) groups excluding carboxylic acids is 5. The largest absolute Gasteiger partial charge is 0.493 e. The fourth-order valence-electron chi connectivity index (χ4n) is 8.49. The highest BCUT2D eigenvalue weighted by Gasteiger charge is 2.44. The van der Waals surface area contributed by atoms with E-state index < -0.39 is 35.4 Å². The highest BCUT2D eigenvalue weighted by molar-refractivity contribution is 8.18. The molecule has 2 saturated heterocycles. The van der Waals surface area contributed by atoms with Gasteiger partial charge in [0.1, 0.15) is 24.4 Å². The highest BCUT2D eigenvalue weighted by Crippen LogP contribution is 2.38. The van der Waals surface area contributed by atoms with E-state index >= 15 is 0 Å². The van der Waals surface area contributed by atoms with Crippen LogP contribution in [0.3, 0.4) is 0 Å². The number of thiophene rings is 1. The molecule has 0 aliphatic carbocycles. The Bertz CT molecular complexity index is 2720. The molecule has 3 aromatic carbocycles. The number of methoxy groups -OCH3 is 1. The number of β-amino-alcohol motifs (C(OH)–C–C–N with tert-alkyl or cyclic N) is 1. The minimum Gasteiger partial charge on any atom is -0.493 e. The third-order valence-corrected chi connectivity index (χ3v) is 14.8. The van der Waals surface area contributed by atoms with Gasteiger partial charge in [-0.2, -0.15) is 0 Å². The van der Waals surface area contributed by atoms with E-state index in [4.69, 9.17) is 39.7 Å². The number of carbonyl (C=O) groups is 5. The summed E-state index contributed by atoms with van der Waals surface area (Å²) in [6.07, 6.45) is 4.17. The van der Waals surface area contributed by atoms with Gasteiger partial charge >= 0.3 is 0 Å². The Morgan fingerprint density at radius 2 is 1.45 bits per heavy atom. The molecule has 78 heavy (non-hydrogen) atoms. The van der Waals surface area contributed by atoms with E-state index in [1.807, 2.05) is 52.0 Å². The van der Waals surface area contributed by atoms with Gasteiger partial charge in [0, 0.05) is 50.8 Å². The Labute approximate surface area is 465 Å². The first-order valence-electron chi connectivity index (χ1n) is 26.2. The first-order chi connectivity index (χ1) is 37.6. The number of amides is 5. The zero-order valence-corrected chi connectivity index (χ0v) is 47.1. The molecule has 2 aliphatic heterocycles. The summed E-state index contributed by atoms with van der Waals surface area (Å²) in [5.41, 5.74) is 4.53. The van der Waals surface area contributed by atoms with E-state index in [-0.39, 0.29) is 62.9 Å². The third-order valence-electron chi connectivity index (χ3n) is 12.8. The smallest absolute Gasteiger partial charge is 0.293 e. The summed E-state index contributed by atoms with van der Waals surface area (Å²) in [5.74, 6) is -0.152. The predicted octanol–water partition coefficient (Wildman–Crippen LogP) is 8.87. The van der Waals surface area contributed by atoms with Gasteiger partial charge in [-0.3, -0.25) is 28.9 Å². The number of benzene rings is 3. The van der Waals surface area contributed by atoms with Crippen LogP contribution in [0.5, 0.6) is 17.2 Å². The minimum atomic E-state index is -0.957. The van der Waals surface area contributed by atoms with Crippen molar-refractivity contribution in [2.75, 3.05) is 86.3 Å². The molecule has 6 rings (SSSR count). The Morgan fingerprint density at radius 1 is 0.808 bits per heavy atom. The van der Waals surface area contributed by atoms with Crippen LogP contribution in [0, 0.1) is 25.8 Å². The van der Waals surface area contributed by atoms with Crippen LogP contribution >= 0.6 is 23.1 Å². The Kier molecular flexibility index (Phi) is 24.2. The molecule has 3 heterocycles. The van der Waals surface area contributed by atoms with Crippen LogP contribution in [0.25, 0.3) is 21.4 Å². The Balaban J connectivity index is 0.745. The van der Waals surface area contributed by atoms with Crippen LogP contribution < -0.4 is 20.1 Å². The molecule has 0 saturated carbocycles. The maximum atomic E-state index is 13.9. The van der Waals surface area contributed by atoms with Crippen molar-refractivity contribution in [1.29, 1.82) is 0 Å². The molecule has 1 aromatic heterocycles. The van der Waals surface area contributed by atoms with E-state index in [1.165, 1.54) is 27.4 Å². The van der Waals surface area contributed by atoms with Crippen molar-refractivity contribution in [2.24, 2.45) is 5.41 Å². The number of nitrogens with one attached hydrogen (secondary N) is 2. The van der Waals surface area contributed by atoms with E-state index in [2.05, 4.69) is 33.8 Å². The number of imide groups is 1. The molecule has 2 fully saturated rings. The number of rotatable bonds is 31. The molecule has 3 atom stereocenters. The van der Waals surface area contributed by atoms with E-state index in [0.29, 0.717) is 79.7 Å². The molecule has 20 heteroatoms. The SMILES string of the molecule is [C-]#[N+]c1ccc(Oc2ccc(/C=C3\SC(=O)N(CCOCCOCCCCOCCCCOCCOCC(=O)N[C@H](C(=O)N4C[C@H](O)C[C@H]4C(=O)NCc4ccc(-c5sccc5C)cc4)C(C)(C)C)C3=O)cc2OC)c(C)c1. The molecule has 18 nitrogen and oxygen atoms in total. The summed E-state index contributed by atoms with van der Waals surface area (Å²) < 4.78 is 39.8. The van der Waals surface area contributed by atoms with Gasteiger partial charge < -0.3 is 53.8 Å². The molecule has 420 valence electrons. The van der Waals surface area contributed by atoms with Crippen molar-refractivity contribution in [3.63, 3.8) is 0 Å². The average molecular weight is 1110 g/mol. The van der Waals surface area contributed by atoms with Gasteiger partial charge in [0.2, 0.25) is 17.7 Å². The molecule has 5 amide bonds. The summed E-state index contributed by atoms with van der Waals surface area (Å²) in [5, 5.41) is 18.0. The number of likely N-dealkylation sites (tertiary alicyclic amines) is 1. The molecule has 3 N–H and O–H groups in total. The first kappa shape index (κ1) is 61.1. The number of ether oxygens (including phenoxy) is 7. The fourth-order valence-corrected chi connectivity index (χ4v) is 10.3. The lowest BCUT2D eigenvalue weighted by molar-refractivity contribution is -0.144. The molecule has 0 bridgehead atoms. The van der Waals surface area contributed by atoms with Gasteiger partial charge in [-0.25, -0.2) is 4.85 Å². The minimum absolute atomic E-state index is 0.0118. The van der Waals surface area contributed by atoms with Gasteiger partial charge in [-0.05, 0) is 126 Å². The van der Waals surface area contributed by atoms with E-state index in [1.54, 1.807) is 53.8 Å². The summed E-state index contributed by atoms with van der Waals surface area (Å²) in [6, 6.07) is 18.6. The van der Waals surface area contributed by atoms with Crippen LogP contribution in [0.2, 0.25) is 0 Å². The number of nitrogens with zero attached hydrogens (tertiary/aromatic N) is 3. The number of aliphatic hydroxyl groups excluding tert-OH is 1. The zero-order chi connectivity index (χ0) is 56.0. The van der Waals surface area contributed by atoms with Crippen LogP contribution in [0.15, 0.2) is 77.0 Å². The van der Waals surface area contributed by atoms with Crippen LogP contribution in [0.4, 0.5) is 10.5 Å². The van der Waals surface area contributed by atoms with Crippen molar-refractivity contribution >= 4 is 63.7 Å². The van der Waals surface area contributed by atoms with Crippen LogP contribution in [-0.4, -0.2) is 148 Å². The second-order valence-corrected chi connectivity index (χ2v) is 21.8. The van der Waals surface area contributed by atoms with Crippen LogP contribution in [-0.2, 0) is 49.4 Å². The second-order valence-electron chi connectivity index (χ2n) is 19.9. The molecule has 0 radical (unpaired) electrons. The molecule has 0 spiro atoms. The topological polar surface area (TPSA) is 205 Å². The predicted molar refractivity (Wildman–Crippen MR) is 300 cm³/mol. The lowest BCUT2D eigenvalue weighted by atomic mass is 9.85. The van der Waals surface area contributed by atoms with Gasteiger partial charge in [0.15, 0.2) is 17.2 Å². The van der Waals surface area contributed by atoms with Crippen molar-refractivity contribution < 1.29 is 62.2 Å². The van der Waals surface area contributed by atoms with Gasteiger partial charge in [0.25, 0.3) is 11.1 Å². The lowest BCUT2D eigenvalue weighted by Crippen LogP contribution is -2.58. The molecular weight excluding hydrogens is 1040 g/mol. The maximum Gasteiger partial charge on any atom is 0.293 e. The monoisotopic (exact) mass is 1110 g/mol. The number of unbranched alkanes of at least 4 members (excludes halogenated alkanes) is 2. The van der Waals surface area contributed by atoms with Gasteiger partial charge in [-0.1, -0.05) is 57.2 Å². The molecule has 0 unspecified atom stereocenters. The van der Waals surface area contributed by atoms with Gasteiger partial charge in [0.05, 0.1) is 64.3 Å². The maximum absolute atomic E-state index is 13.9. The Morgan fingerprint density at radius 3 is 2.06 bits per heavy atom. The first-order valence-corrected chi connectivity index (χ1v) is 27.9. The fraction of sp³-hybridized carbons (Fsp3) is 0.483. The summed E-state index contributed by atoms with van der Waals surface area (Å²) in [6.45, 7) is 20.4. The second kappa shape index (κ2) is 30.9. The summed E-state index contributed by atoms with van der Waals surface area (Å²) in [7, 11) is 1.52. The van der Waals surface area contributed by atoms with Crippen LogP contribution in [0.1, 0.15) is 75.1 Å². The highest BCUT2D eigenvalue weighted by atomic mass is 32.2. The van der Waals surface area contributed by atoms with E-state index in [9.17, 15) is 29.1 Å². The summed E-state index contributed by atoms with van der Waals surface area (Å²) in [4.78, 5) is 73.6. The quantitative estimate of drug-likeness (QED) is 0.0245. The molecule has 4 aromatic rings. The van der Waals surface area contributed by atoms with Crippen molar-refractivity contribution in [3.05, 3.63) is 111 Å². The zero-order valence-electron chi connectivity index (χ0n) is 45.5. The number of hydrogen-bond donors (Lipinski definition) is 3. The third kappa shape index (κ3) is 18.5. The average Bonchev–Trinajstić information content (AvgIpc) is 4.13. The van der Waals surface area contributed by atoms with Crippen molar-refractivity contribution in [3.8, 4) is 27.7 Å². The lowest BCUT2D eigenvalue weighted by Gasteiger charge is -2.35. The summed E-state index contributed by atoms with van der Waals surface area (Å²) >= 11 is 2.55. The van der Waals surface area contributed by atoms with Gasteiger partial charge in [-0.15, -0.1) is 11.3 Å². The standard InChI is InChI=1S/C58H73N5O13S2/c1-39-20-31-77-52(39)43-15-12-41(13-16-43)36-60-54(66)46-35-45(64)37-63(46)56(68)53(58(3,4)5)61-51(65)38-75-30-29-73-25-11-9-23-71-22-8-10-24-72-27-28-74-26-21-62-55(67)50(78-57(62)69)34-42-14-18-48(49(33-42)70-7)76-47-19-17-44(59-6)32-40(47)2/h12-20,31-34,45-46,53,64H,8-11,21-30,35-38H2,1-5,7H3,(H,60,66)(H,61,65)/b50-34-/t45-,46+,53-/m1/s1. The number of aryl methyl sites for hydroxylation is 2. The number of thioether (sulfide) groups is 1. The normalized spacial score (nSPS) is 16.4. The van der Waals surface area contributed by atoms with Crippen molar-refractivity contribution in [2.45, 2.75) is 91.5 Å². The number of hydrogen-bond acceptors (Lipinski definition) is 15. The van der Waals surface area contributed by atoms with Crippen molar-refractivity contribution in [1.82, 2.24) is 20.4 Å². The Hall–Kier alpha value is -6.15.